The van der Waals surface area contributed by atoms with Crippen LogP contribution in [0.5, 0.6) is 0 Å². The second-order valence-corrected chi connectivity index (χ2v) is 10.9. The van der Waals surface area contributed by atoms with Crippen LogP contribution in [0.25, 0.3) is 0 Å². The Morgan fingerprint density at radius 3 is 2.64 bits per heavy atom. The van der Waals surface area contributed by atoms with Gasteiger partial charge in [-0.1, -0.05) is 0 Å². The fourth-order valence-corrected chi connectivity index (χ4v) is 6.57. The highest BCUT2D eigenvalue weighted by Gasteiger charge is 2.34. The largest absolute Gasteiger partial charge is 0.302 e. The van der Waals surface area contributed by atoms with Crippen molar-refractivity contribution in [1.29, 1.82) is 0 Å². The molecule has 1 aliphatic rings. The van der Waals surface area contributed by atoms with Gasteiger partial charge in [0.05, 0.1) is 11.6 Å². The van der Waals surface area contributed by atoms with Gasteiger partial charge in [0, 0.05) is 22.8 Å². The number of carbonyl (C=O) groups is 1. The van der Waals surface area contributed by atoms with E-state index in [2.05, 4.69) is 10.3 Å². The van der Waals surface area contributed by atoms with E-state index >= 15 is 0 Å². The van der Waals surface area contributed by atoms with Crippen LogP contribution in [0.1, 0.15) is 28.3 Å². The lowest BCUT2D eigenvalue weighted by Gasteiger charge is -2.30. The third kappa shape index (κ3) is 3.94. The maximum atomic E-state index is 12.8. The van der Waals surface area contributed by atoms with Crippen LogP contribution in [0.2, 0.25) is 0 Å². The number of nitrogens with one attached hydrogen (secondary N) is 1. The molecule has 0 radical (unpaired) electrons. The molecule has 0 bridgehead atoms. The number of thiophene rings is 1. The van der Waals surface area contributed by atoms with Gasteiger partial charge in [0.25, 0.3) is 10.0 Å². The summed E-state index contributed by atoms with van der Waals surface area (Å²) < 4.78 is 27.3. The molecule has 9 heteroatoms. The van der Waals surface area contributed by atoms with Crippen molar-refractivity contribution in [1.82, 2.24) is 9.29 Å². The summed E-state index contributed by atoms with van der Waals surface area (Å²) >= 11 is 2.71. The topological polar surface area (TPSA) is 79.4 Å². The second kappa shape index (κ2) is 7.14. The molecule has 136 valence electrons. The molecule has 0 saturated carbocycles. The van der Waals surface area contributed by atoms with E-state index in [0.29, 0.717) is 28.7 Å². The molecule has 1 aliphatic heterocycles. The normalized spacial score (nSPS) is 19.1. The number of rotatable bonds is 4. The maximum absolute atomic E-state index is 12.8. The van der Waals surface area contributed by atoms with E-state index in [4.69, 9.17) is 0 Å². The van der Waals surface area contributed by atoms with Gasteiger partial charge in [0.1, 0.15) is 4.21 Å². The Morgan fingerprint density at radius 1 is 1.28 bits per heavy atom. The molecule has 3 heterocycles. The van der Waals surface area contributed by atoms with Crippen molar-refractivity contribution < 1.29 is 13.2 Å². The van der Waals surface area contributed by atoms with Crippen LogP contribution in [-0.4, -0.2) is 36.7 Å². The van der Waals surface area contributed by atoms with Crippen LogP contribution in [0, 0.1) is 26.7 Å². The summed E-state index contributed by atoms with van der Waals surface area (Å²) in [6.45, 7) is 6.42. The highest BCUT2D eigenvalue weighted by molar-refractivity contribution is 7.91. The Balaban J connectivity index is 1.71. The number of piperidine rings is 1. The third-order valence-corrected chi connectivity index (χ3v) is 8.64. The zero-order valence-electron chi connectivity index (χ0n) is 14.4. The smallest absolute Gasteiger partial charge is 0.252 e. The zero-order valence-corrected chi connectivity index (χ0v) is 16.9. The molecule has 0 aliphatic carbocycles. The van der Waals surface area contributed by atoms with Crippen LogP contribution in [0.3, 0.4) is 0 Å². The molecule has 25 heavy (non-hydrogen) atoms. The van der Waals surface area contributed by atoms with Gasteiger partial charge in [-0.05, 0) is 45.7 Å². The Hall–Kier alpha value is -1.29. The first-order valence-corrected chi connectivity index (χ1v) is 11.2. The van der Waals surface area contributed by atoms with Crippen LogP contribution in [0.15, 0.2) is 16.3 Å². The molecule has 1 N–H and O–H groups in total. The minimum atomic E-state index is -3.52. The van der Waals surface area contributed by atoms with E-state index in [0.717, 1.165) is 15.4 Å². The van der Waals surface area contributed by atoms with Crippen molar-refractivity contribution in [3.05, 3.63) is 27.6 Å². The number of amides is 1. The van der Waals surface area contributed by atoms with Crippen molar-refractivity contribution in [2.45, 2.75) is 37.8 Å². The molecule has 1 amide bonds. The lowest BCUT2D eigenvalue weighted by Crippen LogP contribution is -2.43. The van der Waals surface area contributed by atoms with Crippen LogP contribution >= 0.6 is 22.7 Å². The van der Waals surface area contributed by atoms with Gasteiger partial charge in [-0.15, -0.1) is 22.7 Å². The predicted molar refractivity (Wildman–Crippen MR) is 101 cm³/mol. The monoisotopic (exact) mass is 399 g/mol. The van der Waals surface area contributed by atoms with E-state index < -0.39 is 10.0 Å². The summed E-state index contributed by atoms with van der Waals surface area (Å²) in [4.78, 5) is 18.9. The van der Waals surface area contributed by atoms with E-state index in [1.54, 1.807) is 12.1 Å². The molecule has 6 nitrogen and oxygen atoms in total. The minimum Gasteiger partial charge on any atom is -0.302 e. The maximum Gasteiger partial charge on any atom is 0.252 e. The van der Waals surface area contributed by atoms with E-state index in [1.807, 2.05) is 20.8 Å². The zero-order chi connectivity index (χ0) is 18.2. The molecular weight excluding hydrogens is 378 g/mol. The number of hydrogen-bond acceptors (Lipinski definition) is 6. The predicted octanol–water partition coefficient (Wildman–Crippen LogP) is 3.17. The Kier molecular flexibility index (Phi) is 5.29. The fourth-order valence-electron chi connectivity index (χ4n) is 2.79. The van der Waals surface area contributed by atoms with Gasteiger partial charge in [0.15, 0.2) is 5.13 Å². The van der Waals surface area contributed by atoms with Crippen LogP contribution in [0.4, 0.5) is 5.13 Å². The number of hydrogen-bond donors (Lipinski definition) is 1. The average Bonchev–Trinajstić information content (AvgIpc) is 3.14. The van der Waals surface area contributed by atoms with Crippen molar-refractivity contribution in [3.63, 3.8) is 0 Å². The fraction of sp³-hybridized carbons (Fsp3) is 0.500. The van der Waals surface area contributed by atoms with Gasteiger partial charge in [0.2, 0.25) is 5.91 Å². The Morgan fingerprint density at radius 2 is 2.04 bits per heavy atom. The van der Waals surface area contributed by atoms with Crippen molar-refractivity contribution in [2.24, 2.45) is 5.92 Å². The number of nitrogens with zero attached hydrogens (tertiary/aromatic N) is 2. The van der Waals surface area contributed by atoms with Crippen LogP contribution in [-0.2, 0) is 14.8 Å². The van der Waals surface area contributed by atoms with Crippen molar-refractivity contribution >= 4 is 43.7 Å². The summed E-state index contributed by atoms with van der Waals surface area (Å²) in [5.74, 6) is -0.509. The number of anilines is 1. The van der Waals surface area contributed by atoms with Gasteiger partial charge < -0.3 is 5.32 Å². The molecule has 0 spiro atoms. The lowest BCUT2D eigenvalue weighted by molar-refractivity contribution is -0.120. The van der Waals surface area contributed by atoms with Crippen molar-refractivity contribution in [3.8, 4) is 0 Å². The van der Waals surface area contributed by atoms with Gasteiger partial charge >= 0.3 is 0 Å². The summed E-state index contributed by atoms with van der Waals surface area (Å²) in [5.41, 5.74) is 0.904. The molecule has 1 fully saturated rings. The third-order valence-electron chi connectivity index (χ3n) is 4.32. The quantitative estimate of drug-likeness (QED) is 0.856. The molecular formula is C16H21N3O3S3. The molecule has 2 aromatic rings. The second-order valence-electron chi connectivity index (χ2n) is 6.22. The Bertz CT molecular complexity index is 866. The molecule has 3 rings (SSSR count). The summed E-state index contributed by atoms with van der Waals surface area (Å²) in [7, 11) is -3.52. The van der Waals surface area contributed by atoms with Crippen molar-refractivity contribution in [2.75, 3.05) is 18.4 Å². The Labute approximate surface area is 155 Å². The molecule has 1 saturated heterocycles. The molecule has 2 aromatic heterocycles. The standard InChI is InChI=1S/C16H21N3O3S3/c1-10-6-7-14(23-10)25(21,22)19-8-4-5-13(9-19)15(20)18-16-17-11(2)12(3)24-16/h6-7,13H,4-5,8-9H2,1-3H3,(H,17,18,20). The summed E-state index contributed by atoms with van der Waals surface area (Å²) in [6.07, 6.45) is 1.36. The van der Waals surface area contributed by atoms with E-state index in [9.17, 15) is 13.2 Å². The molecule has 0 aromatic carbocycles. The highest BCUT2D eigenvalue weighted by atomic mass is 32.2. The number of aryl methyl sites for hydroxylation is 3. The average molecular weight is 400 g/mol. The number of aromatic nitrogens is 1. The van der Waals surface area contributed by atoms with Crippen LogP contribution < -0.4 is 5.32 Å². The van der Waals surface area contributed by atoms with E-state index in [1.165, 1.54) is 27.0 Å². The summed E-state index contributed by atoms with van der Waals surface area (Å²) in [6, 6.07) is 3.44. The van der Waals surface area contributed by atoms with Gasteiger partial charge in [-0.25, -0.2) is 13.4 Å². The number of sulfonamides is 1. The SMILES string of the molecule is Cc1ccc(S(=O)(=O)N2CCCC(C(=O)Nc3nc(C)c(C)s3)C2)s1. The lowest BCUT2D eigenvalue weighted by atomic mass is 9.99. The van der Waals surface area contributed by atoms with Gasteiger partial charge in [-0.3, -0.25) is 4.79 Å². The van der Waals surface area contributed by atoms with E-state index in [-0.39, 0.29) is 18.4 Å². The number of thiazole rings is 1. The first kappa shape index (κ1) is 18.5. The molecule has 1 atom stereocenters. The van der Waals surface area contributed by atoms with Gasteiger partial charge in [-0.2, -0.15) is 4.31 Å². The number of carbonyl (C=O) groups excluding carboxylic acids is 1. The highest BCUT2D eigenvalue weighted by Crippen LogP contribution is 2.29. The first-order chi connectivity index (χ1) is 11.8. The minimum absolute atomic E-state index is 0.156. The molecule has 1 unspecified atom stereocenters. The summed E-state index contributed by atoms with van der Waals surface area (Å²) in [5, 5.41) is 3.42. The first-order valence-electron chi connectivity index (χ1n) is 8.09.